The zero-order chi connectivity index (χ0) is 30.0. The molecule has 0 aliphatic heterocycles. The molecular weight excluding hydrogens is 560 g/mol. The summed E-state index contributed by atoms with van der Waals surface area (Å²) in [6.07, 6.45) is -8.67. The van der Waals surface area contributed by atoms with Gasteiger partial charge in [-0.05, 0) is 57.8 Å². The van der Waals surface area contributed by atoms with Crippen molar-refractivity contribution in [3.8, 4) is 11.1 Å². The minimum atomic E-state index is -5.06. The molecule has 3 rings (SSSR count). The van der Waals surface area contributed by atoms with Gasteiger partial charge in [0.15, 0.2) is 0 Å². The van der Waals surface area contributed by atoms with Gasteiger partial charge in [-0.15, -0.1) is 0 Å². The van der Waals surface area contributed by atoms with Crippen LogP contribution in [0.15, 0.2) is 48.7 Å². The van der Waals surface area contributed by atoms with Crippen LogP contribution >= 0.6 is 11.6 Å². The molecule has 0 atom stereocenters. The van der Waals surface area contributed by atoms with Crippen molar-refractivity contribution < 1.29 is 31.1 Å². The molecule has 40 heavy (non-hydrogen) atoms. The molecular formula is C27H28ClF6N5O. The smallest absolute Gasteiger partial charge is 0.353 e. The molecule has 1 N–H and O–H groups in total. The number of benzene rings is 2. The first-order chi connectivity index (χ1) is 18.4. The summed E-state index contributed by atoms with van der Waals surface area (Å²) in [6.45, 7) is 3.62. The molecule has 2 aromatic carbocycles. The van der Waals surface area contributed by atoms with Crippen molar-refractivity contribution in [2.45, 2.75) is 31.6 Å². The maximum absolute atomic E-state index is 13.8. The number of aromatic nitrogens is 2. The quantitative estimate of drug-likeness (QED) is 0.296. The summed E-state index contributed by atoms with van der Waals surface area (Å²) in [5.41, 5.74) is -4.47. The molecule has 0 aliphatic carbocycles. The lowest BCUT2D eigenvalue weighted by atomic mass is 9.81. The van der Waals surface area contributed by atoms with E-state index in [2.05, 4.69) is 15.3 Å². The average Bonchev–Trinajstić information content (AvgIpc) is 2.86. The predicted molar refractivity (Wildman–Crippen MR) is 142 cm³/mol. The number of halogens is 7. The Morgan fingerprint density at radius 3 is 1.98 bits per heavy atom. The molecule has 0 radical (unpaired) electrons. The highest BCUT2D eigenvalue weighted by atomic mass is 35.5. The van der Waals surface area contributed by atoms with Crippen LogP contribution in [0.25, 0.3) is 11.1 Å². The predicted octanol–water partition coefficient (Wildman–Crippen LogP) is 6.75. The third kappa shape index (κ3) is 7.03. The highest BCUT2D eigenvalue weighted by molar-refractivity contribution is 6.33. The maximum atomic E-state index is 13.8. The number of amides is 1. The molecule has 0 saturated heterocycles. The zero-order valence-electron chi connectivity index (χ0n) is 22.4. The molecule has 13 heteroatoms. The number of anilines is 2. The van der Waals surface area contributed by atoms with Gasteiger partial charge in [-0.3, -0.25) is 9.69 Å². The molecule has 0 bridgehead atoms. The molecule has 0 aliphatic rings. The first-order valence-corrected chi connectivity index (χ1v) is 12.4. The second-order valence-electron chi connectivity index (χ2n) is 9.92. The van der Waals surface area contributed by atoms with Gasteiger partial charge in [-0.25, -0.2) is 4.98 Å². The first kappa shape index (κ1) is 31.2. The molecule has 216 valence electrons. The normalized spacial score (nSPS) is 12.5. The van der Waals surface area contributed by atoms with Crippen LogP contribution in [0.4, 0.5) is 38.1 Å². The van der Waals surface area contributed by atoms with Crippen LogP contribution in [0.1, 0.15) is 30.5 Å². The molecule has 1 amide bonds. The van der Waals surface area contributed by atoms with Crippen LogP contribution in [0, 0.1) is 0 Å². The van der Waals surface area contributed by atoms with E-state index in [1.807, 2.05) is 19.0 Å². The molecule has 0 spiro atoms. The van der Waals surface area contributed by atoms with Crippen LogP contribution < -0.4 is 10.2 Å². The average molecular weight is 588 g/mol. The number of carbonyl (C=O) groups excluding carboxylic acids is 1. The number of hydrogen-bond donors (Lipinski definition) is 1. The highest BCUT2D eigenvalue weighted by Gasteiger charge is 2.41. The topological polar surface area (TPSA) is 61.4 Å². The Kier molecular flexibility index (Phi) is 9.05. The third-order valence-corrected chi connectivity index (χ3v) is 6.57. The summed E-state index contributed by atoms with van der Waals surface area (Å²) in [4.78, 5) is 25.6. The second-order valence-corrected chi connectivity index (χ2v) is 10.3. The fraction of sp³-hybridized carbons (Fsp3) is 0.370. The number of likely N-dealkylation sites (N-methyl/N-ethyl adjacent to an activating group) is 2. The fourth-order valence-electron chi connectivity index (χ4n) is 3.93. The van der Waals surface area contributed by atoms with Crippen LogP contribution in [-0.2, 0) is 22.6 Å². The van der Waals surface area contributed by atoms with Crippen molar-refractivity contribution in [2.75, 3.05) is 44.4 Å². The Balaban J connectivity index is 2.12. The summed E-state index contributed by atoms with van der Waals surface area (Å²) < 4.78 is 81.1. The molecule has 1 heterocycles. The van der Waals surface area contributed by atoms with Crippen LogP contribution in [0.2, 0.25) is 5.02 Å². The van der Waals surface area contributed by atoms with E-state index in [1.54, 1.807) is 24.3 Å². The van der Waals surface area contributed by atoms with Gasteiger partial charge in [0.2, 0.25) is 11.9 Å². The Morgan fingerprint density at radius 2 is 1.45 bits per heavy atom. The Hall–Kier alpha value is -3.38. The van der Waals surface area contributed by atoms with E-state index >= 15 is 0 Å². The lowest BCUT2D eigenvalue weighted by Crippen LogP contribution is -2.42. The summed E-state index contributed by atoms with van der Waals surface area (Å²) >= 11 is 6.39. The Labute approximate surface area is 233 Å². The van der Waals surface area contributed by atoms with Crippen molar-refractivity contribution >= 4 is 29.3 Å². The number of alkyl halides is 6. The monoisotopic (exact) mass is 587 g/mol. The van der Waals surface area contributed by atoms with Crippen molar-refractivity contribution in [2.24, 2.45) is 0 Å². The van der Waals surface area contributed by atoms with Gasteiger partial charge in [0.25, 0.3) is 0 Å². The fourth-order valence-corrected chi connectivity index (χ4v) is 4.17. The van der Waals surface area contributed by atoms with Gasteiger partial charge < -0.3 is 10.2 Å². The standard InChI is InChI=1S/C27H28ClF6N5O/c1-25(2,16-12-17(26(29,30)31)14-18(13-16)27(32,33)34)23(40)39(5)22-20(19-8-6-7-9-21(19)28)15-36-24(37-22)35-10-11-38(3)4/h6-9,12-15H,10-11H2,1-5H3,(H,35,36,37). The third-order valence-electron chi connectivity index (χ3n) is 6.24. The van der Waals surface area contributed by atoms with Gasteiger partial charge in [0.1, 0.15) is 5.82 Å². The van der Waals surface area contributed by atoms with E-state index in [0.29, 0.717) is 41.4 Å². The van der Waals surface area contributed by atoms with Crippen molar-refractivity contribution in [1.29, 1.82) is 0 Å². The lowest BCUT2D eigenvalue weighted by molar-refractivity contribution is -0.143. The number of carbonyl (C=O) groups is 1. The van der Waals surface area contributed by atoms with E-state index in [0.717, 1.165) is 4.90 Å². The van der Waals surface area contributed by atoms with Crippen molar-refractivity contribution in [1.82, 2.24) is 14.9 Å². The number of nitrogens with zero attached hydrogens (tertiary/aromatic N) is 4. The summed E-state index contributed by atoms with van der Waals surface area (Å²) in [6, 6.07) is 7.86. The minimum Gasteiger partial charge on any atom is -0.353 e. The molecule has 0 saturated carbocycles. The largest absolute Gasteiger partial charge is 0.416 e. The molecule has 0 unspecified atom stereocenters. The molecule has 6 nitrogen and oxygen atoms in total. The zero-order valence-corrected chi connectivity index (χ0v) is 23.1. The van der Waals surface area contributed by atoms with E-state index < -0.39 is 40.4 Å². The first-order valence-electron chi connectivity index (χ1n) is 12.0. The van der Waals surface area contributed by atoms with Crippen LogP contribution in [0.3, 0.4) is 0 Å². The highest BCUT2D eigenvalue weighted by Crippen LogP contribution is 2.41. The number of rotatable bonds is 8. The van der Waals surface area contributed by atoms with E-state index in [1.165, 1.54) is 27.1 Å². The number of nitrogens with one attached hydrogen (secondary N) is 1. The van der Waals surface area contributed by atoms with Crippen LogP contribution in [0.5, 0.6) is 0 Å². The SMILES string of the molecule is CN(C)CCNc1ncc(-c2ccccc2Cl)c(N(C)C(=O)C(C)(C)c2cc(C(F)(F)F)cc(C(F)(F)F)c2)n1. The molecule has 3 aromatic rings. The molecule has 0 fully saturated rings. The summed E-state index contributed by atoms with van der Waals surface area (Å²) in [7, 11) is 5.09. The second kappa shape index (κ2) is 11.6. The van der Waals surface area contributed by atoms with Gasteiger partial charge in [-0.2, -0.15) is 31.3 Å². The van der Waals surface area contributed by atoms with Crippen molar-refractivity contribution in [3.05, 3.63) is 70.4 Å². The lowest BCUT2D eigenvalue weighted by Gasteiger charge is -2.31. The maximum Gasteiger partial charge on any atom is 0.416 e. The van der Waals surface area contributed by atoms with E-state index in [9.17, 15) is 31.1 Å². The Bertz CT molecular complexity index is 1340. The van der Waals surface area contributed by atoms with Crippen molar-refractivity contribution in [3.63, 3.8) is 0 Å². The number of hydrogen-bond acceptors (Lipinski definition) is 5. The summed E-state index contributed by atoms with van der Waals surface area (Å²) in [5, 5.41) is 3.36. The van der Waals surface area contributed by atoms with Crippen LogP contribution in [-0.4, -0.2) is 55.0 Å². The minimum absolute atomic E-state index is 0.0272. The van der Waals surface area contributed by atoms with Gasteiger partial charge in [0.05, 0.1) is 16.5 Å². The molecule has 1 aromatic heterocycles. The van der Waals surface area contributed by atoms with Gasteiger partial charge in [-0.1, -0.05) is 29.8 Å². The Morgan fingerprint density at radius 1 is 0.900 bits per heavy atom. The van der Waals surface area contributed by atoms with E-state index in [4.69, 9.17) is 11.6 Å². The van der Waals surface area contributed by atoms with Gasteiger partial charge in [0, 0.05) is 42.5 Å². The summed E-state index contributed by atoms with van der Waals surface area (Å²) in [5.74, 6) is -0.564. The van der Waals surface area contributed by atoms with Gasteiger partial charge >= 0.3 is 12.4 Å². The van der Waals surface area contributed by atoms with E-state index in [-0.39, 0.29) is 17.8 Å².